The molecule has 0 aliphatic carbocycles. The highest BCUT2D eigenvalue weighted by atomic mass is 19.3. The van der Waals surface area contributed by atoms with Crippen LogP contribution in [-0.4, -0.2) is 13.2 Å². The molecular formula is C11H15F2NO. The minimum absolute atomic E-state index is 0.243. The highest BCUT2D eigenvalue weighted by Gasteiger charge is 2.10. The number of hydrogen-bond acceptors (Lipinski definition) is 2. The second-order valence-corrected chi connectivity index (χ2v) is 3.53. The summed E-state index contributed by atoms with van der Waals surface area (Å²) in [7, 11) is 0. The number of halogens is 2. The SMILES string of the molecule is C[C@@H](CN)Cc1ccccc1OC(F)F. The molecule has 2 nitrogen and oxygen atoms in total. The largest absolute Gasteiger partial charge is 0.435 e. The van der Waals surface area contributed by atoms with Crippen LogP contribution in [0.4, 0.5) is 8.78 Å². The van der Waals surface area contributed by atoms with Crippen LogP contribution in [0.25, 0.3) is 0 Å². The molecular weight excluding hydrogens is 200 g/mol. The van der Waals surface area contributed by atoms with Gasteiger partial charge in [0.1, 0.15) is 5.75 Å². The molecule has 2 N–H and O–H groups in total. The number of para-hydroxylation sites is 1. The van der Waals surface area contributed by atoms with E-state index in [1.165, 1.54) is 0 Å². The van der Waals surface area contributed by atoms with Crippen molar-refractivity contribution in [2.24, 2.45) is 11.7 Å². The zero-order valence-corrected chi connectivity index (χ0v) is 8.62. The number of alkyl halides is 2. The minimum atomic E-state index is -2.78. The van der Waals surface area contributed by atoms with E-state index >= 15 is 0 Å². The van der Waals surface area contributed by atoms with E-state index in [1.54, 1.807) is 24.3 Å². The molecule has 0 aromatic heterocycles. The molecule has 0 fully saturated rings. The quantitative estimate of drug-likeness (QED) is 0.818. The van der Waals surface area contributed by atoms with E-state index in [9.17, 15) is 8.78 Å². The van der Waals surface area contributed by atoms with Crippen LogP contribution < -0.4 is 10.5 Å². The first-order valence-corrected chi connectivity index (χ1v) is 4.86. The molecule has 1 rings (SSSR count). The lowest BCUT2D eigenvalue weighted by molar-refractivity contribution is -0.0505. The maximum absolute atomic E-state index is 12.1. The lowest BCUT2D eigenvalue weighted by atomic mass is 10.0. The molecule has 1 atom stereocenters. The van der Waals surface area contributed by atoms with Crippen LogP contribution in [0.3, 0.4) is 0 Å². The Balaban J connectivity index is 2.76. The molecule has 0 bridgehead atoms. The van der Waals surface area contributed by atoms with Gasteiger partial charge >= 0.3 is 6.61 Å². The standard InChI is InChI=1S/C11H15F2NO/c1-8(7-14)6-9-4-2-3-5-10(9)15-11(12)13/h2-5,8,11H,6-7,14H2,1H3/t8-/m1/s1. The number of nitrogens with two attached hydrogens (primary N) is 1. The van der Waals surface area contributed by atoms with Crippen molar-refractivity contribution >= 4 is 0 Å². The Kier molecular flexibility index (Phi) is 4.49. The van der Waals surface area contributed by atoms with Crippen molar-refractivity contribution < 1.29 is 13.5 Å². The van der Waals surface area contributed by atoms with E-state index in [0.29, 0.717) is 13.0 Å². The van der Waals surface area contributed by atoms with E-state index in [0.717, 1.165) is 5.56 Å². The summed E-state index contributed by atoms with van der Waals surface area (Å²) in [6.07, 6.45) is 0.652. The molecule has 0 radical (unpaired) electrons. The van der Waals surface area contributed by atoms with Gasteiger partial charge in [-0.1, -0.05) is 25.1 Å². The summed E-state index contributed by atoms with van der Waals surface area (Å²) in [5.74, 6) is 0.500. The van der Waals surface area contributed by atoms with Crippen molar-refractivity contribution in [2.75, 3.05) is 6.54 Å². The predicted molar refractivity (Wildman–Crippen MR) is 55.0 cm³/mol. The molecule has 0 aliphatic heterocycles. The molecule has 0 saturated carbocycles. The molecule has 84 valence electrons. The lowest BCUT2D eigenvalue weighted by Gasteiger charge is -2.13. The highest BCUT2D eigenvalue weighted by Crippen LogP contribution is 2.22. The first kappa shape index (κ1) is 11.9. The Bertz CT molecular complexity index is 304. The second-order valence-electron chi connectivity index (χ2n) is 3.53. The molecule has 0 heterocycles. The summed E-state index contributed by atoms with van der Waals surface area (Å²) in [4.78, 5) is 0. The third kappa shape index (κ3) is 3.83. The van der Waals surface area contributed by atoms with Crippen LogP contribution in [0.5, 0.6) is 5.75 Å². The number of ether oxygens (including phenoxy) is 1. The van der Waals surface area contributed by atoms with E-state index in [2.05, 4.69) is 4.74 Å². The Hall–Kier alpha value is -1.16. The zero-order chi connectivity index (χ0) is 11.3. The molecule has 4 heteroatoms. The van der Waals surface area contributed by atoms with E-state index < -0.39 is 6.61 Å². The molecule has 1 aromatic rings. The second kappa shape index (κ2) is 5.66. The number of hydrogen-bond donors (Lipinski definition) is 1. The Morgan fingerprint density at radius 1 is 1.33 bits per heavy atom. The summed E-state index contributed by atoms with van der Waals surface area (Å²) in [6, 6.07) is 6.81. The fourth-order valence-electron chi connectivity index (χ4n) is 1.34. The fourth-order valence-corrected chi connectivity index (χ4v) is 1.34. The van der Waals surface area contributed by atoms with Crippen molar-refractivity contribution in [3.8, 4) is 5.75 Å². The summed E-state index contributed by atoms with van der Waals surface area (Å²) in [5.41, 5.74) is 6.26. The van der Waals surface area contributed by atoms with Gasteiger partial charge in [-0.2, -0.15) is 8.78 Å². The van der Waals surface area contributed by atoms with Gasteiger partial charge in [-0.25, -0.2) is 0 Å². The van der Waals surface area contributed by atoms with Gasteiger partial charge in [-0.05, 0) is 30.5 Å². The lowest BCUT2D eigenvalue weighted by Crippen LogP contribution is -2.14. The van der Waals surface area contributed by atoms with Crippen molar-refractivity contribution in [1.29, 1.82) is 0 Å². The molecule has 1 aromatic carbocycles. The maximum atomic E-state index is 12.1. The van der Waals surface area contributed by atoms with Crippen LogP contribution in [0.15, 0.2) is 24.3 Å². The third-order valence-corrected chi connectivity index (χ3v) is 2.16. The zero-order valence-electron chi connectivity index (χ0n) is 8.62. The van der Waals surface area contributed by atoms with Gasteiger partial charge in [0.15, 0.2) is 0 Å². The summed E-state index contributed by atoms with van der Waals surface area (Å²) >= 11 is 0. The van der Waals surface area contributed by atoms with Gasteiger partial charge < -0.3 is 10.5 Å². The van der Waals surface area contributed by atoms with Crippen molar-refractivity contribution in [2.45, 2.75) is 20.0 Å². The maximum Gasteiger partial charge on any atom is 0.387 e. The summed E-state index contributed by atoms with van der Waals surface area (Å²) < 4.78 is 28.6. The van der Waals surface area contributed by atoms with E-state index in [1.807, 2.05) is 6.92 Å². The van der Waals surface area contributed by atoms with Crippen LogP contribution in [0, 0.1) is 5.92 Å². The van der Waals surface area contributed by atoms with Crippen LogP contribution in [-0.2, 0) is 6.42 Å². The Labute approximate surface area is 88.0 Å². The monoisotopic (exact) mass is 215 g/mol. The smallest absolute Gasteiger partial charge is 0.387 e. The number of rotatable bonds is 5. The fraction of sp³-hybridized carbons (Fsp3) is 0.455. The third-order valence-electron chi connectivity index (χ3n) is 2.16. The summed E-state index contributed by atoms with van der Waals surface area (Å²) in [6.45, 7) is -0.276. The van der Waals surface area contributed by atoms with Gasteiger partial charge in [0.2, 0.25) is 0 Å². The molecule has 0 unspecified atom stereocenters. The Morgan fingerprint density at radius 2 is 2.00 bits per heavy atom. The first-order valence-electron chi connectivity index (χ1n) is 4.86. The number of benzene rings is 1. The molecule has 0 saturated heterocycles. The topological polar surface area (TPSA) is 35.2 Å². The molecule has 0 amide bonds. The van der Waals surface area contributed by atoms with Crippen LogP contribution in [0.1, 0.15) is 12.5 Å². The van der Waals surface area contributed by atoms with Crippen molar-refractivity contribution in [3.63, 3.8) is 0 Å². The van der Waals surface area contributed by atoms with Gasteiger partial charge in [0, 0.05) is 0 Å². The normalized spacial score (nSPS) is 12.9. The van der Waals surface area contributed by atoms with Crippen molar-refractivity contribution in [3.05, 3.63) is 29.8 Å². The average Bonchev–Trinajstić information content (AvgIpc) is 2.20. The molecule has 0 aliphatic rings. The van der Waals surface area contributed by atoms with E-state index in [4.69, 9.17) is 5.73 Å². The Morgan fingerprint density at radius 3 is 2.60 bits per heavy atom. The van der Waals surface area contributed by atoms with Crippen LogP contribution >= 0.6 is 0 Å². The van der Waals surface area contributed by atoms with Gasteiger partial charge in [0.25, 0.3) is 0 Å². The van der Waals surface area contributed by atoms with Crippen molar-refractivity contribution in [1.82, 2.24) is 0 Å². The minimum Gasteiger partial charge on any atom is -0.435 e. The molecule has 15 heavy (non-hydrogen) atoms. The highest BCUT2D eigenvalue weighted by molar-refractivity contribution is 5.33. The van der Waals surface area contributed by atoms with E-state index in [-0.39, 0.29) is 11.7 Å². The first-order chi connectivity index (χ1) is 7.13. The van der Waals surface area contributed by atoms with Crippen LogP contribution in [0.2, 0.25) is 0 Å². The average molecular weight is 215 g/mol. The summed E-state index contributed by atoms with van der Waals surface area (Å²) in [5, 5.41) is 0. The van der Waals surface area contributed by atoms with Gasteiger partial charge in [-0.3, -0.25) is 0 Å². The molecule has 0 spiro atoms. The predicted octanol–water partition coefficient (Wildman–Crippen LogP) is 2.43. The van der Waals surface area contributed by atoms with Gasteiger partial charge in [-0.15, -0.1) is 0 Å². The van der Waals surface area contributed by atoms with Gasteiger partial charge in [0.05, 0.1) is 0 Å².